The number of hydrogen-bond acceptors (Lipinski definition) is 7. The summed E-state index contributed by atoms with van der Waals surface area (Å²) in [4.78, 5) is 38.6. The molecule has 2 heterocycles. The minimum Gasteiger partial charge on any atom is -0.457 e. The molecule has 0 spiro atoms. The molecular formula is C24H38O7Si. The van der Waals surface area contributed by atoms with Crippen LogP contribution in [0.1, 0.15) is 69.2 Å². The van der Waals surface area contributed by atoms with Crippen molar-refractivity contribution in [1.29, 1.82) is 0 Å². The molecule has 8 heteroatoms. The Balaban J connectivity index is 2.65. The lowest BCUT2D eigenvalue weighted by atomic mass is 9.90. The summed E-state index contributed by atoms with van der Waals surface area (Å²) in [6, 6.07) is 0. The van der Waals surface area contributed by atoms with Crippen molar-refractivity contribution in [2.75, 3.05) is 0 Å². The van der Waals surface area contributed by atoms with Crippen LogP contribution in [0, 0.1) is 5.41 Å². The van der Waals surface area contributed by atoms with E-state index in [4.69, 9.17) is 18.6 Å². The van der Waals surface area contributed by atoms with Gasteiger partial charge in [0.25, 0.3) is 0 Å². The summed E-state index contributed by atoms with van der Waals surface area (Å²) in [6.07, 6.45) is 0.478. The highest BCUT2D eigenvalue weighted by atomic mass is 28.4. The topological polar surface area (TPSA) is 88.1 Å². The summed E-state index contributed by atoms with van der Waals surface area (Å²) in [5, 5.41) is -0.199. The molecule has 2 atom stereocenters. The molecule has 2 unspecified atom stereocenters. The van der Waals surface area contributed by atoms with E-state index in [0.29, 0.717) is 0 Å². The molecule has 0 aliphatic carbocycles. The molecule has 0 saturated heterocycles. The number of carbonyl (C=O) groups excluding carboxylic acids is 3. The number of ether oxygens (including phenoxy) is 3. The summed E-state index contributed by atoms with van der Waals surface area (Å²) in [6.45, 7) is 22.0. The van der Waals surface area contributed by atoms with Gasteiger partial charge in [-0.05, 0) is 66.6 Å². The molecule has 2 aliphatic heterocycles. The summed E-state index contributed by atoms with van der Waals surface area (Å²) < 4.78 is 24.0. The predicted octanol–water partition coefficient (Wildman–Crippen LogP) is 4.82. The molecule has 0 saturated carbocycles. The number of carbonyl (C=O) groups is 3. The standard InChI is InChI=1S/C24H38O7Si/c1-14(25)17-16(19(26)30-22(5,6)7)18-15(28-20(27)21(2,3)4)13-24(17,29-18)31-32(11,12)23(8,9)10/h13,18H,1-12H3. The van der Waals surface area contributed by atoms with E-state index >= 15 is 0 Å². The lowest BCUT2D eigenvalue weighted by Gasteiger charge is -2.42. The minimum atomic E-state index is -2.49. The summed E-state index contributed by atoms with van der Waals surface area (Å²) >= 11 is 0. The molecular weight excluding hydrogens is 428 g/mol. The second-order valence-corrected chi connectivity index (χ2v) is 16.8. The Morgan fingerprint density at radius 2 is 1.53 bits per heavy atom. The van der Waals surface area contributed by atoms with Gasteiger partial charge < -0.3 is 18.6 Å². The quantitative estimate of drug-likeness (QED) is 0.424. The highest BCUT2D eigenvalue weighted by molar-refractivity contribution is 6.74. The second kappa shape index (κ2) is 7.92. The average molecular weight is 467 g/mol. The summed E-state index contributed by atoms with van der Waals surface area (Å²) in [5.74, 6) is -2.97. The van der Waals surface area contributed by atoms with Crippen molar-refractivity contribution in [3.05, 3.63) is 23.0 Å². The first-order valence-electron chi connectivity index (χ1n) is 10.9. The van der Waals surface area contributed by atoms with Crippen LogP contribution in [0.4, 0.5) is 0 Å². The maximum absolute atomic E-state index is 13.2. The molecule has 0 aromatic carbocycles. The van der Waals surface area contributed by atoms with Crippen molar-refractivity contribution in [2.24, 2.45) is 5.41 Å². The van der Waals surface area contributed by atoms with Gasteiger partial charge in [-0.3, -0.25) is 9.59 Å². The van der Waals surface area contributed by atoms with Gasteiger partial charge in [-0.15, -0.1) is 0 Å². The maximum Gasteiger partial charge on any atom is 0.338 e. The fourth-order valence-corrected chi connectivity index (χ4v) is 4.41. The van der Waals surface area contributed by atoms with Crippen LogP contribution >= 0.6 is 0 Å². The first-order valence-corrected chi connectivity index (χ1v) is 13.8. The van der Waals surface area contributed by atoms with Crippen LogP contribution in [0.3, 0.4) is 0 Å². The van der Waals surface area contributed by atoms with E-state index in [1.807, 2.05) is 13.1 Å². The van der Waals surface area contributed by atoms with Crippen molar-refractivity contribution < 1.29 is 33.0 Å². The number of rotatable bonds is 5. The largest absolute Gasteiger partial charge is 0.457 e. The Labute approximate surface area is 192 Å². The van der Waals surface area contributed by atoms with Crippen molar-refractivity contribution in [1.82, 2.24) is 0 Å². The highest BCUT2D eigenvalue weighted by Gasteiger charge is 2.61. The third kappa shape index (κ3) is 5.07. The highest BCUT2D eigenvalue weighted by Crippen LogP contribution is 2.52. The SMILES string of the molecule is CC(=O)C1=C(C(=O)OC(C)(C)C)C2OC1(O[Si](C)(C)C(C)(C)C)C=C2OC(=O)C(C)(C)C. The van der Waals surface area contributed by atoms with Gasteiger partial charge in [0.15, 0.2) is 20.2 Å². The van der Waals surface area contributed by atoms with Crippen LogP contribution in [-0.4, -0.2) is 43.5 Å². The third-order valence-corrected chi connectivity index (χ3v) is 10.2. The predicted molar refractivity (Wildman–Crippen MR) is 123 cm³/mol. The van der Waals surface area contributed by atoms with Crippen LogP contribution in [0.15, 0.2) is 23.0 Å². The Bertz CT molecular complexity index is 891. The van der Waals surface area contributed by atoms with Gasteiger partial charge >= 0.3 is 11.9 Å². The van der Waals surface area contributed by atoms with Crippen molar-refractivity contribution >= 4 is 26.0 Å². The van der Waals surface area contributed by atoms with E-state index in [1.54, 1.807) is 41.5 Å². The molecule has 32 heavy (non-hydrogen) atoms. The molecule has 0 fully saturated rings. The third-order valence-electron chi connectivity index (χ3n) is 5.77. The Morgan fingerprint density at radius 3 is 1.94 bits per heavy atom. The zero-order valence-corrected chi connectivity index (χ0v) is 22.5. The second-order valence-electron chi connectivity index (χ2n) is 12.1. The Morgan fingerprint density at radius 1 is 1.00 bits per heavy atom. The number of ketones is 1. The van der Waals surface area contributed by atoms with Crippen LogP contribution in [0.5, 0.6) is 0 Å². The van der Waals surface area contributed by atoms with E-state index in [9.17, 15) is 14.4 Å². The number of esters is 2. The van der Waals surface area contributed by atoms with E-state index < -0.39 is 43.2 Å². The van der Waals surface area contributed by atoms with Crippen LogP contribution in [0.25, 0.3) is 0 Å². The van der Waals surface area contributed by atoms with Gasteiger partial charge in [0.05, 0.1) is 16.6 Å². The average Bonchev–Trinajstić information content (AvgIpc) is 3.02. The molecule has 0 N–H and O–H groups in total. The van der Waals surface area contributed by atoms with Crippen molar-refractivity contribution in [3.8, 4) is 0 Å². The van der Waals surface area contributed by atoms with Crippen molar-refractivity contribution in [2.45, 2.75) is 105 Å². The van der Waals surface area contributed by atoms with E-state index in [1.165, 1.54) is 13.0 Å². The lowest BCUT2D eigenvalue weighted by Crippen LogP contribution is -2.50. The van der Waals surface area contributed by atoms with Crippen LogP contribution < -0.4 is 0 Å². The normalized spacial score (nSPS) is 23.9. The molecule has 0 radical (unpaired) electrons. The van der Waals surface area contributed by atoms with Gasteiger partial charge in [-0.1, -0.05) is 20.8 Å². The molecule has 0 amide bonds. The molecule has 180 valence electrons. The van der Waals surface area contributed by atoms with E-state index in [-0.39, 0.29) is 27.7 Å². The van der Waals surface area contributed by atoms with Gasteiger partial charge in [-0.25, -0.2) is 4.79 Å². The molecule has 0 aromatic rings. The number of Topliss-reactive ketones (excluding diaryl/α,β-unsaturated/α-hetero) is 1. The monoisotopic (exact) mass is 466 g/mol. The maximum atomic E-state index is 13.2. The minimum absolute atomic E-state index is 0.0327. The van der Waals surface area contributed by atoms with Gasteiger partial charge in [0.1, 0.15) is 11.4 Å². The van der Waals surface area contributed by atoms with Crippen LogP contribution in [0.2, 0.25) is 18.1 Å². The zero-order chi connectivity index (χ0) is 25.1. The van der Waals surface area contributed by atoms with Crippen LogP contribution in [-0.2, 0) is 33.0 Å². The molecule has 2 aliphatic rings. The summed E-state index contributed by atoms with van der Waals surface area (Å²) in [5.41, 5.74) is -1.41. The van der Waals surface area contributed by atoms with E-state index in [2.05, 4.69) is 20.8 Å². The Kier molecular flexibility index (Phi) is 6.55. The van der Waals surface area contributed by atoms with E-state index in [0.717, 1.165) is 0 Å². The van der Waals surface area contributed by atoms with Gasteiger partial charge in [0, 0.05) is 6.08 Å². The fraction of sp³-hybridized carbons (Fsp3) is 0.708. The number of fused-ring (bicyclic) bond motifs is 2. The summed E-state index contributed by atoms with van der Waals surface area (Å²) in [7, 11) is -2.49. The fourth-order valence-electron chi connectivity index (χ4n) is 3.14. The first kappa shape index (κ1) is 26.5. The molecule has 2 bridgehead atoms. The first-order chi connectivity index (χ1) is 14.1. The Hall–Kier alpha value is -1.77. The molecule has 2 rings (SSSR count). The molecule has 7 nitrogen and oxygen atoms in total. The lowest BCUT2D eigenvalue weighted by molar-refractivity contribution is -0.155. The smallest absolute Gasteiger partial charge is 0.338 e. The molecule has 0 aromatic heterocycles. The van der Waals surface area contributed by atoms with Crippen molar-refractivity contribution in [3.63, 3.8) is 0 Å². The number of hydrogen-bond donors (Lipinski definition) is 0. The zero-order valence-electron chi connectivity index (χ0n) is 21.5. The van der Waals surface area contributed by atoms with Gasteiger partial charge in [0.2, 0.25) is 5.79 Å². The van der Waals surface area contributed by atoms with Gasteiger partial charge in [-0.2, -0.15) is 0 Å².